The first-order valence-electron chi connectivity index (χ1n) is 9.05. The molecule has 2 aliphatic carbocycles. The van der Waals surface area contributed by atoms with Crippen LogP contribution in [0.4, 0.5) is 9.93 Å². The predicted octanol–water partition coefficient (Wildman–Crippen LogP) is 3.19. The molecule has 2 saturated carbocycles. The number of rotatable bonds is 3. The van der Waals surface area contributed by atoms with Gasteiger partial charge in [0.25, 0.3) is 0 Å². The highest BCUT2D eigenvalue weighted by Crippen LogP contribution is 2.63. The Hall–Kier alpha value is -2.29. The number of anilines is 1. The molecule has 0 bridgehead atoms. The fourth-order valence-corrected chi connectivity index (χ4v) is 4.88. The van der Waals surface area contributed by atoms with E-state index in [1.54, 1.807) is 27.0 Å². The van der Waals surface area contributed by atoms with Crippen molar-refractivity contribution in [3.8, 4) is 0 Å². The summed E-state index contributed by atoms with van der Waals surface area (Å²) < 4.78 is 5.24. The van der Waals surface area contributed by atoms with Gasteiger partial charge >= 0.3 is 6.09 Å². The summed E-state index contributed by atoms with van der Waals surface area (Å²) in [6.45, 7) is 5.42. The summed E-state index contributed by atoms with van der Waals surface area (Å²) in [7, 11) is 0. The van der Waals surface area contributed by atoms with E-state index >= 15 is 0 Å². The number of hydrogen-bond donors (Lipinski definition) is 2. The van der Waals surface area contributed by atoms with Crippen LogP contribution in [0.15, 0.2) is 6.20 Å². The molecule has 144 valence electrons. The standard InChI is InChI=1S/C18H23N5O3S/c1-17(2,3)26-16(25)23-15-22-13-14(27-15)21-11(8-20-13)9-4-18(5-9)6-10(7-18)12(19)24/h8-10H,4-7H2,1-3H3,(H2,19,24)(H,20,22,23,25). The smallest absolute Gasteiger partial charge is 0.413 e. The van der Waals surface area contributed by atoms with Gasteiger partial charge in [-0.1, -0.05) is 11.3 Å². The first kappa shape index (κ1) is 18.1. The highest BCUT2D eigenvalue weighted by Gasteiger charge is 2.54. The Morgan fingerprint density at radius 3 is 2.59 bits per heavy atom. The van der Waals surface area contributed by atoms with Gasteiger partial charge in [-0.2, -0.15) is 4.98 Å². The minimum absolute atomic E-state index is 0.0440. The van der Waals surface area contributed by atoms with Gasteiger partial charge in [0.1, 0.15) is 5.60 Å². The van der Waals surface area contributed by atoms with Crippen molar-refractivity contribution in [1.82, 2.24) is 15.0 Å². The molecule has 3 N–H and O–H groups in total. The molecule has 0 atom stereocenters. The lowest BCUT2D eigenvalue weighted by Gasteiger charge is -2.56. The number of amides is 2. The van der Waals surface area contributed by atoms with Crippen LogP contribution < -0.4 is 11.1 Å². The average Bonchev–Trinajstić information content (AvgIpc) is 2.82. The van der Waals surface area contributed by atoms with Crippen molar-refractivity contribution in [1.29, 1.82) is 0 Å². The zero-order valence-corrected chi connectivity index (χ0v) is 16.4. The van der Waals surface area contributed by atoms with Gasteiger partial charge in [0.2, 0.25) is 5.91 Å². The number of ether oxygens (including phenoxy) is 1. The molecule has 1 spiro atoms. The molecule has 0 radical (unpaired) electrons. The number of nitrogens with one attached hydrogen (secondary N) is 1. The van der Waals surface area contributed by atoms with Gasteiger partial charge in [-0.05, 0) is 51.9 Å². The van der Waals surface area contributed by atoms with E-state index in [1.165, 1.54) is 11.3 Å². The number of aromatic nitrogens is 3. The van der Waals surface area contributed by atoms with E-state index in [2.05, 4.69) is 20.3 Å². The number of carbonyl (C=O) groups is 2. The van der Waals surface area contributed by atoms with E-state index in [1.807, 2.05) is 0 Å². The van der Waals surface area contributed by atoms with Gasteiger partial charge in [0.15, 0.2) is 15.6 Å². The van der Waals surface area contributed by atoms with Crippen molar-refractivity contribution >= 4 is 38.9 Å². The van der Waals surface area contributed by atoms with Crippen LogP contribution in [-0.2, 0) is 9.53 Å². The molecule has 2 amide bonds. The minimum atomic E-state index is -0.570. The maximum atomic E-state index is 11.9. The molecule has 2 aliphatic rings. The second kappa shape index (κ2) is 6.12. The molecule has 2 fully saturated rings. The minimum Gasteiger partial charge on any atom is -0.444 e. The van der Waals surface area contributed by atoms with E-state index in [-0.39, 0.29) is 17.2 Å². The molecule has 0 unspecified atom stereocenters. The first-order chi connectivity index (χ1) is 12.6. The number of thiazole rings is 1. The van der Waals surface area contributed by atoms with Crippen LogP contribution in [0.5, 0.6) is 0 Å². The molecule has 2 aromatic rings. The third-order valence-corrected chi connectivity index (χ3v) is 6.14. The van der Waals surface area contributed by atoms with Gasteiger partial charge in [-0.25, -0.2) is 14.8 Å². The van der Waals surface area contributed by atoms with E-state index in [0.29, 0.717) is 21.5 Å². The summed E-state index contributed by atoms with van der Waals surface area (Å²) in [6.07, 6.45) is 5.08. The van der Waals surface area contributed by atoms with Crippen LogP contribution in [0.2, 0.25) is 0 Å². The van der Waals surface area contributed by atoms with Crippen LogP contribution in [-0.4, -0.2) is 32.6 Å². The fourth-order valence-electron chi connectivity index (χ4n) is 4.09. The molecule has 0 saturated heterocycles. The molecular formula is C18H23N5O3S. The predicted molar refractivity (Wildman–Crippen MR) is 101 cm³/mol. The van der Waals surface area contributed by atoms with E-state index in [0.717, 1.165) is 31.4 Å². The lowest BCUT2D eigenvalue weighted by Crippen LogP contribution is -2.50. The zero-order valence-electron chi connectivity index (χ0n) is 15.6. The molecule has 8 nitrogen and oxygen atoms in total. The van der Waals surface area contributed by atoms with Crippen molar-refractivity contribution in [2.75, 3.05) is 5.32 Å². The maximum absolute atomic E-state index is 11.9. The molecule has 4 rings (SSSR count). The van der Waals surface area contributed by atoms with E-state index in [4.69, 9.17) is 10.5 Å². The van der Waals surface area contributed by atoms with Crippen molar-refractivity contribution in [3.05, 3.63) is 11.9 Å². The van der Waals surface area contributed by atoms with Crippen LogP contribution in [0.1, 0.15) is 58.1 Å². The summed E-state index contributed by atoms with van der Waals surface area (Å²) in [5.74, 6) is 0.225. The van der Waals surface area contributed by atoms with Crippen molar-refractivity contribution < 1.29 is 14.3 Å². The Labute approximate surface area is 160 Å². The fraction of sp³-hybridized carbons (Fsp3) is 0.611. The van der Waals surface area contributed by atoms with E-state index < -0.39 is 11.7 Å². The Kier molecular flexibility index (Phi) is 4.10. The Morgan fingerprint density at radius 1 is 1.26 bits per heavy atom. The number of nitrogens with zero attached hydrogens (tertiary/aromatic N) is 3. The second-order valence-corrected chi connectivity index (χ2v) is 9.66. The largest absolute Gasteiger partial charge is 0.444 e. The number of primary amides is 1. The zero-order chi connectivity index (χ0) is 19.4. The Morgan fingerprint density at radius 2 is 1.96 bits per heavy atom. The highest BCUT2D eigenvalue weighted by molar-refractivity contribution is 7.21. The van der Waals surface area contributed by atoms with Crippen molar-refractivity contribution in [2.45, 2.75) is 58.0 Å². The molecule has 2 heterocycles. The average molecular weight is 389 g/mol. The van der Waals surface area contributed by atoms with Gasteiger partial charge in [-0.3, -0.25) is 10.1 Å². The van der Waals surface area contributed by atoms with Crippen molar-refractivity contribution in [3.63, 3.8) is 0 Å². The normalized spacial score (nSPS) is 27.1. The van der Waals surface area contributed by atoms with Gasteiger partial charge < -0.3 is 10.5 Å². The summed E-state index contributed by atoms with van der Waals surface area (Å²) in [5.41, 5.74) is 6.54. The number of carbonyl (C=O) groups excluding carboxylic acids is 2. The van der Waals surface area contributed by atoms with Gasteiger partial charge in [-0.15, -0.1) is 0 Å². The lowest BCUT2D eigenvalue weighted by molar-refractivity contribution is -0.134. The monoisotopic (exact) mass is 389 g/mol. The molecular weight excluding hydrogens is 366 g/mol. The van der Waals surface area contributed by atoms with Crippen LogP contribution in [0.3, 0.4) is 0 Å². The molecule has 0 aliphatic heterocycles. The van der Waals surface area contributed by atoms with Crippen LogP contribution >= 0.6 is 11.3 Å². The summed E-state index contributed by atoms with van der Waals surface area (Å²) in [5, 5.41) is 3.05. The van der Waals surface area contributed by atoms with Crippen molar-refractivity contribution in [2.24, 2.45) is 17.1 Å². The third-order valence-electron chi connectivity index (χ3n) is 5.29. The number of hydrogen-bond acceptors (Lipinski definition) is 7. The second-order valence-electron chi connectivity index (χ2n) is 8.68. The summed E-state index contributed by atoms with van der Waals surface area (Å²) in [6, 6.07) is 0. The Bertz CT molecular complexity index is 905. The molecule has 0 aromatic carbocycles. The third kappa shape index (κ3) is 3.60. The number of fused-ring (bicyclic) bond motifs is 1. The molecule has 9 heteroatoms. The first-order valence-corrected chi connectivity index (χ1v) is 9.87. The highest BCUT2D eigenvalue weighted by atomic mass is 32.1. The topological polar surface area (TPSA) is 120 Å². The number of nitrogens with two attached hydrogens (primary N) is 1. The quantitative estimate of drug-likeness (QED) is 0.832. The lowest BCUT2D eigenvalue weighted by atomic mass is 9.47. The Balaban J connectivity index is 1.40. The van der Waals surface area contributed by atoms with Crippen LogP contribution in [0, 0.1) is 11.3 Å². The van der Waals surface area contributed by atoms with Gasteiger partial charge in [0.05, 0.1) is 11.9 Å². The van der Waals surface area contributed by atoms with Gasteiger partial charge in [0, 0.05) is 11.8 Å². The summed E-state index contributed by atoms with van der Waals surface area (Å²) in [4.78, 5) is 37.2. The SMILES string of the molecule is CC(C)(C)OC(=O)Nc1nc2ncc(C3CC4(CC(C(N)=O)C4)C3)nc2s1. The molecule has 27 heavy (non-hydrogen) atoms. The molecule has 2 aromatic heterocycles. The van der Waals surface area contributed by atoms with Crippen LogP contribution in [0.25, 0.3) is 10.5 Å². The van der Waals surface area contributed by atoms with E-state index in [9.17, 15) is 9.59 Å². The summed E-state index contributed by atoms with van der Waals surface area (Å²) >= 11 is 1.28. The maximum Gasteiger partial charge on any atom is 0.413 e.